The number of hydrazone groups is 1. The van der Waals surface area contributed by atoms with E-state index in [1.54, 1.807) is 19.2 Å². The number of ketones is 1. The largest absolute Gasteiger partial charge is 0.313 e. The van der Waals surface area contributed by atoms with Gasteiger partial charge in [0.15, 0.2) is 0 Å². The van der Waals surface area contributed by atoms with Gasteiger partial charge in [-0.2, -0.15) is 5.10 Å². The number of nitrogens with zero attached hydrogens (tertiary/aromatic N) is 1. The molecule has 0 aliphatic carbocycles. The lowest BCUT2D eigenvalue weighted by atomic mass is 10.1. The van der Waals surface area contributed by atoms with Crippen molar-refractivity contribution >= 4 is 12.0 Å². The first-order valence-corrected chi connectivity index (χ1v) is 3.64. The molecule has 1 aromatic carbocycles. The maximum atomic E-state index is 11.2. The maximum absolute atomic E-state index is 11.2. The number of hydrogen-bond donors (Lipinski definition) is 1. The van der Waals surface area contributed by atoms with E-state index in [1.165, 1.54) is 6.21 Å². The standard InChI is InChI=1S/C9H10N2O/c1-10-11-7-9(12)8-5-3-2-4-6-8/h2-7,10H,1H3/b11-7+. The molecule has 0 saturated carbocycles. The molecule has 0 bridgehead atoms. The van der Waals surface area contributed by atoms with E-state index < -0.39 is 0 Å². The fourth-order valence-electron chi connectivity index (χ4n) is 0.800. The minimum absolute atomic E-state index is 0.0926. The molecule has 0 radical (unpaired) electrons. The van der Waals surface area contributed by atoms with Crippen molar-refractivity contribution in [3.05, 3.63) is 35.9 Å². The number of benzene rings is 1. The summed E-state index contributed by atoms with van der Waals surface area (Å²) in [5.41, 5.74) is 3.17. The van der Waals surface area contributed by atoms with Gasteiger partial charge in [0, 0.05) is 12.6 Å². The molecule has 3 nitrogen and oxygen atoms in total. The fourth-order valence-corrected chi connectivity index (χ4v) is 0.800. The average Bonchev–Trinajstić information content (AvgIpc) is 2.15. The first kappa shape index (κ1) is 8.46. The highest BCUT2D eigenvalue weighted by Crippen LogP contribution is 1.97. The molecule has 1 N–H and O–H groups in total. The molecule has 0 unspecified atom stereocenters. The molecule has 0 fully saturated rings. The van der Waals surface area contributed by atoms with Gasteiger partial charge in [-0.05, 0) is 0 Å². The van der Waals surface area contributed by atoms with Crippen molar-refractivity contribution in [2.24, 2.45) is 5.10 Å². The lowest BCUT2D eigenvalue weighted by Crippen LogP contribution is -2.03. The van der Waals surface area contributed by atoms with E-state index in [0.717, 1.165) is 0 Å². The Morgan fingerprint density at radius 1 is 1.42 bits per heavy atom. The lowest BCUT2D eigenvalue weighted by Gasteiger charge is -1.92. The van der Waals surface area contributed by atoms with Crippen LogP contribution in [0.1, 0.15) is 10.4 Å². The van der Waals surface area contributed by atoms with E-state index in [-0.39, 0.29) is 5.78 Å². The smallest absolute Gasteiger partial charge is 0.205 e. The molecular formula is C9H10N2O. The molecule has 0 aliphatic heterocycles. The van der Waals surface area contributed by atoms with Crippen LogP contribution < -0.4 is 5.43 Å². The first-order valence-electron chi connectivity index (χ1n) is 3.64. The highest BCUT2D eigenvalue weighted by molar-refractivity contribution is 6.35. The van der Waals surface area contributed by atoms with Gasteiger partial charge in [0.1, 0.15) is 0 Å². The van der Waals surface area contributed by atoms with Gasteiger partial charge in [-0.25, -0.2) is 0 Å². The van der Waals surface area contributed by atoms with Gasteiger partial charge in [0.2, 0.25) is 5.78 Å². The van der Waals surface area contributed by atoms with Crippen LogP contribution in [0.25, 0.3) is 0 Å². The third-order valence-electron chi connectivity index (χ3n) is 1.37. The zero-order valence-electron chi connectivity index (χ0n) is 6.82. The summed E-state index contributed by atoms with van der Waals surface area (Å²) in [6.45, 7) is 0. The summed E-state index contributed by atoms with van der Waals surface area (Å²) >= 11 is 0. The molecule has 3 heteroatoms. The summed E-state index contributed by atoms with van der Waals surface area (Å²) in [5.74, 6) is -0.0926. The molecule has 1 rings (SSSR count). The number of carbonyl (C=O) groups excluding carboxylic acids is 1. The molecule has 62 valence electrons. The number of nitrogens with one attached hydrogen (secondary N) is 1. The van der Waals surface area contributed by atoms with Crippen LogP contribution in [-0.2, 0) is 0 Å². The van der Waals surface area contributed by atoms with Gasteiger partial charge in [-0.1, -0.05) is 30.3 Å². The van der Waals surface area contributed by atoms with Crippen molar-refractivity contribution in [2.75, 3.05) is 7.05 Å². The third kappa shape index (κ3) is 2.20. The van der Waals surface area contributed by atoms with Crippen molar-refractivity contribution in [3.63, 3.8) is 0 Å². The van der Waals surface area contributed by atoms with Crippen LogP contribution in [0.15, 0.2) is 35.4 Å². The summed E-state index contributed by atoms with van der Waals surface area (Å²) in [4.78, 5) is 11.2. The summed E-state index contributed by atoms with van der Waals surface area (Å²) in [6.07, 6.45) is 1.26. The summed E-state index contributed by atoms with van der Waals surface area (Å²) in [6, 6.07) is 9.01. The monoisotopic (exact) mass is 162 g/mol. The summed E-state index contributed by atoms with van der Waals surface area (Å²) in [7, 11) is 1.65. The SMILES string of the molecule is CN/N=C/C(=O)c1ccccc1. The van der Waals surface area contributed by atoms with Gasteiger partial charge in [-0.15, -0.1) is 0 Å². The minimum Gasteiger partial charge on any atom is -0.313 e. The Morgan fingerprint density at radius 2 is 2.08 bits per heavy atom. The summed E-state index contributed by atoms with van der Waals surface area (Å²) < 4.78 is 0. The van der Waals surface area contributed by atoms with Gasteiger partial charge >= 0.3 is 0 Å². The molecule has 0 heterocycles. The molecule has 0 aromatic heterocycles. The minimum atomic E-state index is -0.0926. The van der Waals surface area contributed by atoms with Crippen molar-refractivity contribution in [1.29, 1.82) is 0 Å². The molecule has 0 saturated heterocycles. The van der Waals surface area contributed by atoms with Crippen molar-refractivity contribution < 1.29 is 4.79 Å². The number of rotatable bonds is 3. The van der Waals surface area contributed by atoms with E-state index >= 15 is 0 Å². The van der Waals surface area contributed by atoms with E-state index in [9.17, 15) is 4.79 Å². The van der Waals surface area contributed by atoms with Crippen LogP contribution in [0.3, 0.4) is 0 Å². The third-order valence-corrected chi connectivity index (χ3v) is 1.37. The number of hydrogen-bond acceptors (Lipinski definition) is 3. The lowest BCUT2D eigenvalue weighted by molar-refractivity contribution is 0.107. The van der Waals surface area contributed by atoms with Gasteiger partial charge in [0.05, 0.1) is 6.21 Å². The summed E-state index contributed by atoms with van der Waals surface area (Å²) in [5, 5.41) is 3.62. The van der Waals surface area contributed by atoms with Crippen molar-refractivity contribution in [2.45, 2.75) is 0 Å². The molecule has 0 spiro atoms. The molecule has 0 atom stereocenters. The Morgan fingerprint density at radius 3 is 2.67 bits per heavy atom. The van der Waals surface area contributed by atoms with Crippen molar-refractivity contribution in [1.82, 2.24) is 5.43 Å². The zero-order valence-corrected chi connectivity index (χ0v) is 6.82. The molecule has 0 aliphatic rings. The van der Waals surface area contributed by atoms with E-state index in [1.807, 2.05) is 18.2 Å². The van der Waals surface area contributed by atoms with Crippen molar-refractivity contribution in [3.8, 4) is 0 Å². The number of carbonyl (C=O) groups is 1. The van der Waals surface area contributed by atoms with Crippen LogP contribution >= 0.6 is 0 Å². The predicted molar refractivity (Wildman–Crippen MR) is 48.3 cm³/mol. The molecular weight excluding hydrogens is 152 g/mol. The van der Waals surface area contributed by atoms with E-state index in [0.29, 0.717) is 5.56 Å². The Kier molecular flexibility index (Phi) is 3.02. The van der Waals surface area contributed by atoms with Crippen LogP contribution in [-0.4, -0.2) is 19.0 Å². The highest BCUT2D eigenvalue weighted by atomic mass is 16.1. The Balaban J connectivity index is 2.72. The Labute approximate surface area is 71.1 Å². The maximum Gasteiger partial charge on any atom is 0.205 e. The highest BCUT2D eigenvalue weighted by Gasteiger charge is 1.98. The van der Waals surface area contributed by atoms with E-state index in [4.69, 9.17) is 0 Å². The predicted octanol–water partition coefficient (Wildman–Crippen LogP) is 1.07. The van der Waals surface area contributed by atoms with E-state index in [2.05, 4.69) is 10.5 Å². The first-order chi connectivity index (χ1) is 5.84. The Hall–Kier alpha value is -1.64. The van der Waals surface area contributed by atoms with Crippen LogP contribution in [0, 0.1) is 0 Å². The van der Waals surface area contributed by atoms with Crippen LogP contribution in [0.4, 0.5) is 0 Å². The molecule has 0 amide bonds. The second-order valence-electron chi connectivity index (χ2n) is 2.21. The van der Waals surface area contributed by atoms with Crippen LogP contribution in [0.2, 0.25) is 0 Å². The quantitative estimate of drug-likeness (QED) is 0.410. The zero-order chi connectivity index (χ0) is 8.81. The second-order valence-corrected chi connectivity index (χ2v) is 2.21. The average molecular weight is 162 g/mol. The normalized spacial score (nSPS) is 10.1. The molecule has 1 aromatic rings. The fraction of sp³-hybridized carbons (Fsp3) is 0.111. The second kappa shape index (κ2) is 4.28. The molecule has 12 heavy (non-hydrogen) atoms. The topological polar surface area (TPSA) is 41.5 Å². The number of Topliss-reactive ketones (excluding diaryl/α,β-unsaturated/α-hetero) is 1. The van der Waals surface area contributed by atoms with Gasteiger partial charge < -0.3 is 5.43 Å². The Bertz CT molecular complexity index is 280. The van der Waals surface area contributed by atoms with Crippen LogP contribution in [0.5, 0.6) is 0 Å². The van der Waals surface area contributed by atoms with Gasteiger partial charge in [0.25, 0.3) is 0 Å². The van der Waals surface area contributed by atoms with Gasteiger partial charge in [-0.3, -0.25) is 4.79 Å².